The quantitative estimate of drug-likeness (QED) is 0.836. The maximum Gasteiger partial charge on any atom is 0.416 e. The largest absolute Gasteiger partial charge is 0.416 e. The third-order valence-corrected chi connectivity index (χ3v) is 4.09. The van der Waals surface area contributed by atoms with Crippen molar-refractivity contribution in [2.45, 2.75) is 38.3 Å². The summed E-state index contributed by atoms with van der Waals surface area (Å²) >= 11 is 0. The lowest BCUT2D eigenvalue weighted by molar-refractivity contribution is -0.137. The van der Waals surface area contributed by atoms with Gasteiger partial charge in [0.25, 0.3) is 5.91 Å². The zero-order chi connectivity index (χ0) is 16.7. The van der Waals surface area contributed by atoms with E-state index in [9.17, 15) is 18.0 Å². The molecular weight excluding hydrogens is 305 g/mol. The maximum absolute atomic E-state index is 12.6. The maximum atomic E-state index is 12.6. The molecule has 2 rings (SSSR count). The number of amides is 1. The zero-order valence-electron chi connectivity index (χ0n) is 13.2. The third-order valence-electron chi connectivity index (χ3n) is 4.09. The summed E-state index contributed by atoms with van der Waals surface area (Å²) in [6.07, 6.45) is 1.38. The number of carbonyl (C=O) groups is 1. The SMILES string of the molecule is O=C(NCCCN1CCCCCC1)c1cccc(C(F)(F)F)c1. The van der Waals surface area contributed by atoms with Crippen molar-refractivity contribution in [2.24, 2.45) is 0 Å². The molecule has 0 atom stereocenters. The summed E-state index contributed by atoms with van der Waals surface area (Å²) in [6.45, 7) is 3.59. The van der Waals surface area contributed by atoms with Crippen LogP contribution in [0.1, 0.15) is 48.0 Å². The van der Waals surface area contributed by atoms with E-state index >= 15 is 0 Å². The van der Waals surface area contributed by atoms with Crippen LogP contribution in [-0.2, 0) is 6.18 Å². The van der Waals surface area contributed by atoms with Crippen LogP contribution in [0.25, 0.3) is 0 Å². The molecule has 1 aliphatic heterocycles. The highest BCUT2D eigenvalue weighted by Gasteiger charge is 2.30. The molecule has 0 spiro atoms. The summed E-state index contributed by atoms with van der Waals surface area (Å²) in [5.74, 6) is -0.452. The number of halogens is 3. The second-order valence-electron chi connectivity index (χ2n) is 5.94. The lowest BCUT2D eigenvalue weighted by atomic mass is 10.1. The van der Waals surface area contributed by atoms with Gasteiger partial charge in [-0.2, -0.15) is 13.2 Å². The van der Waals surface area contributed by atoms with Crippen molar-refractivity contribution in [3.05, 3.63) is 35.4 Å². The van der Waals surface area contributed by atoms with Gasteiger partial charge in [-0.05, 0) is 57.1 Å². The van der Waals surface area contributed by atoms with Gasteiger partial charge in [-0.1, -0.05) is 18.9 Å². The fraction of sp³-hybridized carbons (Fsp3) is 0.588. The molecular formula is C17H23F3N2O. The Kier molecular flexibility index (Phi) is 6.45. The Morgan fingerprint density at radius 2 is 1.83 bits per heavy atom. The summed E-state index contributed by atoms with van der Waals surface area (Å²) in [4.78, 5) is 14.3. The first-order valence-corrected chi connectivity index (χ1v) is 8.14. The molecule has 0 aliphatic carbocycles. The number of nitrogens with one attached hydrogen (secondary N) is 1. The highest BCUT2D eigenvalue weighted by Crippen LogP contribution is 2.29. The van der Waals surface area contributed by atoms with Gasteiger partial charge in [0.2, 0.25) is 0 Å². The summed E-state index contributed by atoms with van der Waals surface area (Å²) in [7, 11) is 0. The lowest BCUT2D eigenvalue weighted by Gasteiger charge is -2.19. The summed E-state index contributed by atoms with van der Waals surface area (Å²) in [5, 5.41) is 2.70. The van der Waals surface area contributed by atoms with E-state index in [-0.39, 0.29) is 5.56 Å². The molecule has 0 unspecified atom stereocenters. The van der Waals surface area contributed by atoms with Gasteiger partial charge in [0.05, 0.1) is 5.56 Å². The number of benzene rings is 1. The molecule has 1 fully saturated rings. The van der Waals surface area contributed by atoms with Crippen molar-refractivity contribution in [1.29, 1.82) is 0 Å². The van der Waals surface area contributed by atoms with E-state index in [4.69, 9.17) is 0 Å². The number of likely N-dealkylation sites (tertiary alicyclic amines) is 1. The molecule has 1 aromatic carbocycles. The fourth-order valence-electron chi connectivity index (χ4n) is 2.80. The van der Waals surface area contributed by atoms with Crippen molar-refractivity contribution < 1.29 is 18.0 Å². The van der Waals surface area contributed by atoms with Crippen molar-refractivity contribution in [2.75, 3.05) is 26.2 Å². The molecule has 23 heavy (non-hydrogen) atoms. The molecule has 1 N–H and O–H groups in total. The summed E-state index contributed by atoms with van der Waals surface area (Å²) in [6, 6.07) is 4.52. The smallest absolute Gasteiger partial charge is 0.352 e. The van der Waals surface area contributed by atoms with Crippen LogP contribution in [0.5, 0.6) is 0 Å². The molecule has 3 nitrogen and oxygen atoms in total. The van der Waals surface area contributed by atoms with Gasteiger partial charge in [0.1, 0.15) is 0 Å². The molecule has 0 aromatic heterocycles. The average molecular weight is 328 g/mol. The van der Waals surface area contributed by atoms with E-state index in [1.165, 1.54) is 37.8 Å². The molecule has 1 aromatic rings. The highest BCUT2D eigenvalue weighted by atomic mass is 19.4. The highest BCUT2D eigenvalue weighted by molar-refractivity contribution is 5.94. The Bertz CT molecular complexity index is 509. The van der Waals surface area contributed by atoms with Gasteiger partial charge in [0.15, 0.2) is 0 Å². The number of hydrogen-bond acceptors (Lipinski definition) is 2. The van der Waals surface area contributed by atoms with Crippen LogP contribution < -0.4 is 5.32 Å². The fourth-order valence-corrected chi connectivity index (χ4v) is 2.80. The van der Waals surface area contributed by atoms with Gasteiger partial charge in [-0.25, -0.2) is 0 Å². The van der Waals surface area contributed by atoms with Crippen LogP contribution in [0.15, 0.2) is 24.3 Å². The molecule has 1 heterocycles. The molecule has 128 valence electrons. The Balaban J connectivity index is 1.76. The van der Waals surface area contributed by atoms with Crippen LogP contribution in [0.3, 0.4) is 0 Å². The zero-order valence-corrected chi connectivity index (χ0v) is 13.2. The molecule has 0 bridgehead atoms. The van der Waals surface area contributed by atoms with E-state index in [0.29, 0.717) is 6.54 Å². The van der Waals surface area contributed by atoms with Crippen molar-refractivity contribution in [3.63, 3.8) is 0 Å². The first kappa shape index (κ1) is 17.8. The number of alkyl halides is 3. The van der Waals surface area contributed by atoms with E-state index < -0.39 is 17.6 Å². The Labute approximate surface area is 134 Å². The first-order valence-electron chi connectivity index (χ1n) is 8.14. The monoisotopic (exact) mass is 328 g/mol. The molecule has 1 saturated heterocycles. The first-order chi connectivity index (χ1) is 11.0. The number of nitrogens with zero attached hydrogens (tertiary/aromatic N) is 1. The van der Waals surface area contributed by atoms with Gasteiger partial charge < -0.3 is 10.2 Å². The van der Waals surface area contributed by atoms with E-state index in [1.54, 1.807) is 0 Å². The van der Waals surface area contributed by atoms with Gasteiger partial charge >= 0.3 is 6.18 Å². The van der Waals surface area contributed by atoms with E-state index in [0.717, 1.165) is 38.2 Å². The summed E-state index contributed by atoms with van der Waals surface area (Å²) < 4.78 is 37.9. The van der Waals surface area contributed by atoms with Crippen LogP contribution >= 0.6 is 0 Å². The van der Waals surface area contributed by atoms with Crippen molar-refractivity contribution in [3.8, 4) is 0 Å². The number of hydrogen-bond donors (Lipinski definition) is 1. The topological polar surface area (TPSA) is 32.3 Å². The Hall–Kier alpha value is -1.56. The van der Waals surface area contributed by atoms with Crippen LogP contribution in [0.4, 0.5) is 13.2 Å². The second kappa shape index (κ2) is 8.34. The molecule has 6 heteroatoms. The predicted molar refractivity (Wildman–Crippen MR) is 83.3 cm³/mol. The van der Waals surface area contributed by atoms with Gasteiger partial charge in [-0.15, -0.1) is 0 Å². The minimum atomic E-state index is -4.43. The van der Waals surface area contributed by atoms with Gasteiger partial charge in [0, 0.05) is 12.1 Å². The molecule has 0 saturated carbocycles. The number of carbonyl (C=O) groups excluding carboxylic acids is 1. The lowest BCUT2D eigenvalue weighted by Crippen LogP contribution is -2.30. The average Bonchev–Trinajstić information content (AvgIpc) is 2.79. The van der Waals surface area contributed by atoms with Crippen molar-refractivity contribution >= 4 is 5.91 Å². The van der Waals surface area contributed by atoms with Crippen LogP contribution in [0, 0.1) is 0 Å². The summed E-state index contributed by atoms with van der Waals surface area (Å²) in [5.41, 5.74) is -0.746. The van der Waals surface area contributed by atoms with E-state index in [1.807, 2.05) is 0 Å². The van der Waals surface area contributed by atoms with Crippen molar-refractivity contribution in [1.82, 2.24) is 10.2 Å². The van der Waals surface area contributed by atoms with Crippen LogP contribution in [0.2, 0.25) is 0 Å². The molecule has 1 amide bonds. The number of rotatable bonds is 5. The Morgan fingerprint density at radius 3 is 2.48 bits per heavy atom. The normalized spacial score (nSPS) is 16.8. The second-order valence-corrected chi connectivity index (χ2v) is 5.94. The predicted octanol–water partition coefficient (Wildman–Crippen LogP) is 3.70. The third kappa shape index (κ3) is 5.86. The van der Waals surface area contributed by atoms with Crippen LogP contribution in [-0.4, -0.2) is 37.0 Å². The van der Waals surface area contributed by atoms with Gasteiger partial charge in [-0.3, -0.25) is 4.79 Å². The standard InChI is InChI=1S/C17H23F3N2O/c18-17(19,20)15-8-5-7-14(13-15)16(23)21-9-6-12-22-10-3-1-2-4-11-22/h5,7-8,13H,1-4,6,9-12H2,(H,21,23). The molecule has 1 aliphatic rings. The minimum absolute atomic E-state index is 0.0506. The Morgan fingerprint density at radius 1 is 1.13 bits per heavy atom. The van der Waals surface area contributed by atoms with E-state index in [2.05, 4.69) is 10.2 Å². The minimum Gasteiger partial charge on any atom is -0.352 e. The molecule has 0 radical (unpaired) electrons.